The lowest BCUT2D eigenvalue weighted by molar-refractivity contribution is -0.908. The van der Waals surface area contributed by atoms with Crippen molar-refractivity contribution in [2.75, 3.05) is 53.6 Å². The lowest BCUT2D eigenvalue weighted by Crippen LogP contribution is -3.14. The molecule has 0 bridgehead atoms. The molecule has 0 atom stereocenters. The van der Waals surface area contributed by atoms with E-state index in [0.717, 1.165) is 62.9 Å². The van der Waals surface area contributed by atoms with Gasteiger partial charge in [0.2, 0.25) is 0 Å². The third-order valence-corrected chi connectivity index (χ3v) is 4.38. The van der Waals surface area contributed by atoms with Crippen molar-refractivity contribution >= 4 is 17.3 Å². The second-order valence-electron chi connectivity index (χ2n) is 5.76. The fourth-order valence-electron chi connectivity index (χ4n) is 2.69. The molecule has 0 unspecified atom stereocenters. The van der Waals surface area contributed by atoms with Crippen LogP contribution in [0.3, 0.4) is 0 Å². The van der Waals surface area contributed by atoms with Gasteiger partial charge in [-0.25, -0.2) is 0 Å². The molecule has 6 nitrogen and oxygen atoms in total. The maximum absolute atomic E-state index is 5.37. The highest BCUT2D eigenvalue weighted by molar-refractivity contribution is 7.80. The summed E-state index contributed by atoms with van der Waals surface area (Å²) in [4.78, 5) is 1.62. The minimum absolute atomic E-state index is 0.654. The summed E-state index contributed by atoms with van der Waals surface area (Å²) >= 11 is 5.33. The molecule has 3 N–H and O–H groups in total. The smallest absolute Gasteiger partial charge is 0.166 e. The van der Waals surface area contributed by atoms with Crippen LogP contribution in [0.25, 0.3) is 0 Å². The summed E-state index contributed by atoms with van der Waals surface area (Å²) in [5, 5.41) is 7.17. The van der Waals surface area contributed by atoms with Crippen molar-refractivity contribution in [1.82, 2.24) is 10.6 Å². The molecule has 1 heterocycles. The predicted octanol–water partition coefficient (Wildman–Crippen LogP) is -0.0269. The maximum atomic E-state index is 5.37. The lowest BCUT2D eigenvalue weighted by Gasteiger charge is -2.23. The van der Waals surface area contributed by atoms with Gasteiger partial charge in [-0.15, -0.1) is 0 Å². The Morgan fingerprint density at radius 2 is 1.92 bits per heavy atom. The molecule has 1 fully saturated rings. The number of methoxy groups -OCH3 is 2. The van der Waals surface area contributed by atoms with Gasteiger partial charge >= 0.3 is 0 Å². The summed E-state index contributed by atoms with van der Waals surface area (Å²) in [5.74, 6) is 1.46. The fourth-order valence-corrected chi connectivity index (χ4v) is 2.86. The van der Waals surface area contributed by atoms with E-state index in [-0.39, 0.29) is 0 Å². The zero-order valence-corrected chi connectivity index (χ0v) is 15.3. The average molecular weight is 354 g/mol. The quantitative estimate of drug-likeness (QED) is 0.450. The number of nitrogens with one attached hydrogen (secondary N) is 3. The Bertz CT molecular complexity index is 522. The SMILES string of the molecule is COc1ccc(CNC(=S)NCCC[NH+]2CCOCC2)cc1OC. The van der Waals surface area contributed by atoms with E-state index in [0.29, 0.717) is 11.7 Å². The first-order valence-electron chi connectivity index (χ1n) is 8.37. The van der Waals surface area contributed by atoms with Crippen molar-refractivity contribution in [2.24, 2.45) is 0 Å². The molecule has 0 aromatic heterocycles. The molecule has 1 aliphatic heterocycles. The number of benzene rings is 1. The van der Waals surface area contributed by atoms with Gasteiger partial charge < -0.3 is 29.7 Å². The van der Waals surface area contributed by atoms with E-state index in [2.05, 4.69) is 10.6 Å². The number of hydrogen-bond donors (Lipinski definition) is 3. The Morgan fingerprint density at radius 3 is 2.62 bits per heavy atom. The van der Waals surface area contributed by atoms with Crippen molar-refractivity contribution in [1.29, 1.82) is 0 Å². The van der Waals surface area contributed by atoms with E-state index < -0.39 is 0 Å². The highest BCUT2D eigenvalue weighted by Gasteiger charge is 2.12. The molecule has 7 heteroatoms. The first-order valence-corrected chi connectivity index (χ1v) is 8.77. The number of quaternary nitrogens is 1. The van der Waals surface area contributed by atoms with Gasteiger partial charge in [-0.3, -0.25) is 0 Å². The summed E-state index contributed by atoms with van der Waals surface area (Å²) in [7, 11) is 3.27. The van der Waals surface area contributed by atoms with E-state index >= 15 is 0 Å². The molecule has 1 aromatic carbocycles. The average Bonchev–Trinajstić information content (AvgIpc) is 2.64. The van der Waals surface area contributed by atoms with Crippen LogP contribution < -0.4 is 25.0 Å². The minimum atomic E-state index is 0.654. The Balaban J connectivity index is 1.63. The third kappa shape index (κ3) is 6.14. The van der Waals surface area contributed by atoms with Crippen molar-refractivity contribution < 1.29 is 19.1 Å². The van der Waals surface area contributed by atoms with Crippen LogP contribution in [-0.4, -0.2) is 58.7 Å². The summed E-state index contributed by atoms with van der Waals surface area (Å²) < 4.78 is 15.9. The zero-order chi connectivity index (χ0) is 17.2. The first-order chi connectivity index (χ1) is 11.7. The molecule has 2 rings (SSSR count). The second-order valence-corrected chi connectivity index (χ2v) is 6.17. The van der Waals surface area contributed by atoms with Crippen LogP contribution in [0.15, 0.2) is 18.2 Å². The van der Waals surface area contributed by atoms with E-state index in [1.807, 2.05) is 18.2 Å². The molecule has 1 aliphatic rings. The fraction of sp³-hybridized carbons (Fsp3) is 0.588. The summed E-state index contributed by atoms with van der Waals surface area (Å²) in [6.07, 6.45) is 1.10. The highest BCUT2D eigenvalue weighted by atomic mass is 32.1. The molecular formula is C17H28N3O3S+. The van der Waals surface area contributed by atoms with Crippen LogP contribution >= 0.6 is 12.2 Å². The van der Waals surface area contributed by atoms with Crippen LogP contribution in [0.1, 0.15) is 12.0 Å². The number of hydrogen-bond acceptors (Lipinski definition) is 4. The Morgan fingerprint density at radius 1 is 1.17 bits per heavy atom. The second kappa shape index (κ2) is 10.3. The number of rotatable bonds is 8. The molecular weight excluding hydrogens is 326 g/mol. The largest absolute Gasteiger partial charge is 0.493 e. The zero-order valence-electron chi connectivity index (χ0n) is 14.5. The van der Waals surface area contributed by atoms with Gasteiger partial charge in [0.25, 0.3) is 0 Å². The van der Waals surface area contributed by atoms with Crippen molar-refractivity contribution in [2.45, 2.75) is 13.0 Å². The maximum Gasteiger partial charge on any atom is 0.166 e. The molecule has 0 amide bonds. The highest BCUT2D eigenvalue weighted by Crippen LogP contribution is 2.27. The van der Waals surface area contributed by atoms with Gasteiger partial charge in [0, 0.05) is 19.5 Å². The Kier molecular flexibility index (Phi) is 8.07. The molecule has 0 aliphatic carbocycles. The van der Waals surface area contributed by atoms with Crippen LogP contribution in [-0.2, 0) is 11.3 Å². The van der Waals surface area contributed by atoms with E-state index in [4.69, 9.17) is 26.4 Å². The Hall–Kier alpha value is -1.57. The monoisotopic (exact) mass is 354 g/mol. The van der Waals surface area contributed by atoms with Crippen LogP contribution in [0.4, 0.5) is 0 Å². The van der Waals surface area contributed by atoms with Gasteiger partial charge in [-0.1, -0.05) is 6.07 Å². The standard InChI is InChI=1S/C17H27N3O3S/c1-21-15-5-4-14(12-16(15)22-2)13-19-17(24)18-6-3-7-20-8-10-23-11-9-20/h4-5,12H,3,6-11,13H2,1-2H3,(H2,18,19,24)/p+1. The van der Waals surface area contributed by atoms with E-state index in [1.165, 1.54) is 0 Å². The van der Waals surface area contributed by atoms with E-state index in [1.54, 1.807) is 19.1 Å². The van der Waals surface area contributed by atoms with Crippen LogP contribution in [0.5, 0.6) is 11.5 Å². The van der Waals surface area contributed by atoms with Gasteiger partial charge in [0.15, 0.2) is 16.6 Å². The molecule has 1 saturated heterocycles. The van der Waals surface area contributed by atoms with E-state index in [9.17, 15) is 0 Å². The third-order valence-electron chi connectivity index (χ3n) is 4.09. The Labute approximate surface area is 149 Å². The lowest BCUT2D eigenvalue weighted by atomic mass is 10.2. The first kappa shape index (κ1) is 18.8. The number of thiocarbonyl (C=S) groups is 1. The minimum Gasteiger partial charge on any atom is -0.493 e. The molecule has 0 spiro atoms. The van der Waals surface area contributed by atoms with Crippen molar-refractivity contribution in [3.05, 3.63) is 23.8 Å². The molecule has 1 aromatic rings. The van der Waals surface area contributed by atoms with Gasteiger partial charge in [0.1, 0.15) is 13.1 Å². The molecule has 0 radical (unpaired) electrons. The topological polar surface area (TPSA) is 56.2 Å². The number of morpholine rings is 1. The van der Waals surface area contributed by atoms with Crippen LogP contribution in [0.2, 0.25) is 0 Å². The normalized spacial score (nSPS) is 14.9. The van der Waals surface area contributed by atoms with Gasteiger partial charge in [-0.05, 0) is 29.9 Å². The predicted molar refractivity (Wildman–Crippen MR) is 98.0 cm³/mol. The number of ether oxygens (including phenoxy) is 3. The van der Waals surface area contributed by atoms with Crippen molar-refractivity contribution in [3.63, 3.8) is 0 Å². The molecule has 24 heavy (non-hydrogen) atoms. The van der Waals surface area contributed by atoms with Gasteiger partial charge in [0.05, 0.1) is 34.0 Å². The molecule has 0 saturated carbocycles. The van der Waals surface area contributed by atoms with Crippen LogP contribution in [0, 0.1) is 0 Å². The van der Waals surface area contributed by atoms with Crippen molar-refractivity contribution in [3.8, 4) is 11.5 Å². The summed E-state index contributed by atoms with van der Waals surface area (Å²) in [6.45, 7) is 6.70. The molecule has 134 valence electrons. The summed E-state index contributed by atoms with van der Waals surface area (Å²) in [5.41, 5.74) is 1.09. The summed E-state index contributed by atoms with van der Waals surface area (Å²) in [6, 6.07) is 5.85. The van der Waals surface area contributed by atoms with Gasteiger partial charge in [-0.2, -0.15) is 0 Å².